The molecule has 0 radical (unpaired) electrons. The van der Waals surface area contributed by atoms with Crippen LogP contribution in [0.2, 0.25) is 0 Å². The second kappa shape index (κ2) is 6.00. The van der Waals surface area contributed by atoms with Gasteiger partial charge in [-0.3, -0.25) is 0 Å². The van der Waals surface area contributed by atoms with Crippen molar-refractivity contribution in [2.45, 2.75) is 39.5 Å². The molecule has 1 heterocycles. The van der Waals surface area contributed by atoms with Crippen LogP contribution in [0.25, 0.3) is 0 Å². The normalized spacial score (nSPS) is 12.7. The Balaban J connectivity index is 2.09. The van der Waals surface area contributed by atoms with Crippen LogP contribution in [0.5, 0.6) is 5.75 Å². The van der Waals surface area contributed by atoms with Crippen molar-refractivity contribution < 1.29 is 9.13 Å². The van der Waals surface area contributed by atoms with Gasteiger partial charge < -0.3 is 10.5 Å². The van der Waals surface area contributed by atoms with E-state index in [1.165, 1.54) is 12.4 Å². The van der Waals surface area contributed by atoms with Gasteiger partial charge in [0.25, 0.3) is 0 Å². The molecule has 20 heavy (non-hydrogen) atoms. The predicted molar refractivity (Wildman–Crippen MR) is 73.7 cm³/mol. The summed E-state index contributed by atoms with van der Waals surface area (Å²) in [6.45, 7) is 5.97. The maximum atomic E-state index is 13.9. The lowest BCUT2D eigenvalue weighted by Crippen LogP contribution is -2.11. The molecule has 1 unspecified atom stereocenters. The number of aromatic nitrogens is 3. The molecule has 1 atom stereocenters. The monoisotopic (exact) mass is 278 g/mol. The van der Waals surface area contributed by atoms with Gasteiger partial charge in [0, 0.05) is 12.1 Å². The van der Waals surface area contributed by atoms with Gasteiger partial charge in [-0.25, -0.2) is 14.1 Å². The highest BCUT2D eigenvalue weighted by Gasteiger charge is 2.11. The lowest BCUT2D eigenvalue weighted by molar-refractivity contribution is 0.269. The Bertz CT molecular complexity index is 580. The third-order valence-electron chi connectivity index (χ3n) is 2.97. The lowest BCUT2D eigenvalue weighted by atomic mass is 10.1. The van der Waals surface area contributed by atoms with Crippen molar-refractivity contribution in [3.8, 4) is 5.75 Å². The first-order valence-corrected chi connectivity index (χ1v) is 6.55. The maximum absolute atomic E-state index is 13.9. The van der Waals surface area contributed by atoms with E-state index >= 15 is 0 Å². The Labute approximate surface area is 117 Å². The topological polar surface area (TPSA) is 66.0 Å². The molecule has 108 valence electrons. The van der Waals surface area contributed by atoms with Gasteiger partial charge in [0.2, 0.25) is 0 Å². The van der Waals surface area contributed by atoms with E-state index in [-0.39, 0.29) is 24.4 Å². The van der Waals surface area contributed by atoms with E-state index in [9.17, 15) is 4.39 Å². The number of hydrogen-bond donors (Lipinski definition) is 1. The van der Waals surface area contributed by atoms with Crippen LogP contribution >= 0.6 is 0 Å². The second-order valence-electron chi connectivity index (χ2n) is 4.98. The van der Waals surface area contributed by atoms with E-state index in [1.807, 2.05) is 13.8 Å². The van der Waals surface area contributed by atoms with Crippen LogP contribution in [0.3, 0.4) is 0 Å². The molecule has 0 aliphatic carbocycles. The Morgan fingerprint density at radius 2 is 2.10 bits per heavy atom. The standard InChI is InChI=1S/C14H19FN4O/c1-9(2)19-14(17-8-18-19)7-20-13-5-4-11(10(3)16)6-12(13)15/h4-6,8-10H,7,16H2,1-3H3. The first kappa shape index (κ1) is 14.5. The van der Waals surface area contributed by atoms with Crippen LogP contribution in [-0.4, -0.2) is 14.8 Å². The zero-order valence-electron chi connectivity index (χ0n) is 11.9. The van der Waals surface area contributed by atoms with Crippen molar-refractivity contribution in [3.63, 3.8) is 0 Å². The molecule has 0 fully saturated rings. The van der Waals surface area contributed by atoms with E-state index < -0.39 is 5.82 Å². The van der Waals surface area contributed by atoms with Crippen LogP contribution in [-0.2, 0) is 6.61 Å². The molecule has 0 saturated carbocycles. The minimum Gasteiger partial charge on any atom is -0.483 e. The van der Waals surface area contributed by atoms with Gasteiger partial charge in [0.15, 0.2) is 17.4 Å². The van der Waals surface area contributed by atoms with Crippen LogP contribution in [0, 0.1) is 5.82 Å². The zero-order valence-corrected chi connectivity index (χ0v) is 11.9. The number of halogens is 1. The summed E-state index contributed by atoms with van der Waals surface area (Å²) in [6, 6.07) is 4.72. The first-order valence-electron chi connectivity index (χ1n) is 6.55. The molecule has 1 aromatic heterocycles. The van der Waals surface area contributed by atoms with Gasteiger partial charge in [-0.2, -0.15) is 5.10 Å². The molecular weight excluding hydrogens is 259 g/mol. The molecular formula is C14H19FN4O. The van der Waals surface area contributed by atoms with E-state index in [0.717, 1.165) is 5.56 Å². The van der Waals surface area contributed by atoms with Crippen molar-refractivity contribution >= 4 is 0 Å². The lowest BCUT2D eigenvalue weighted by Gasteiger charge is -2.12. The van der Waals surface area contributed by atoms with Crippen molar-refractivity contribution in [1.29, 1.82) is 0 Å². The maximum Gasteiger partial charge on any atom is 0.165 e. The van der Waals surface area contributed by atoms with E-state index in [2.05, 4.69) is 10.1 Å². The van der Waals surface area contributed by atoms with Crippen molar-refractivity contribution in [2.24, 2.45) is 5.73 Å². The highest BCUT2D eigenvalue weighted by atomic mass is 19.1. The van der Waals surface area contributed by atoms with Gasteiger partial charge in [0.05, 0.1) is 0 Å². The third-order valence-corrected chi connectivity index (χ3v) is 2.97. The number of hydrogen-bond acceptors (Lipinski definition) is 4. The number of rotatable bonds is 5. The molecule has 5 nitrogen and oxygen atoms in total. The van der Waals surface area contributed by atoms with Crippen LogP contribution in [0.15, 0.2) is 24.5 Å². The average Bonchev–Trinajstić information content (AvgIpc) is 2.85. The number of nitrogens with zero attached hydrogens (tertiary/aromatic N) is 3. The second-order valence-corrected chi connectivity index (χ2v) is 4.98. The van der Waals surface area contributed by atoms with E-state index in [4.69, 9.17) is 10.5 Å². The Hall–Kier alpha value is -1.95. The summed E-state index contributed by atoms with van der Waals surface area (Å²) in [5.41, 5.74) is 6.44. The highest BCUT2D eigenvalue weighted by Crippen LogP contribution is 2.22. The molecule has 0 spiro atoms. The van der Waals surface area contributed by atoms with Crippen LogP contribution in [0.1, 0.15) is 44.2 Å². The third kappa shape index (κ3) is 3.14. The molecule has 1 aromatic carbocycles. The van der Waals surface area contributed by atoms with E-state index in [0.29, 0.717) is 5.82 Å². The Kier molecular flexibility index (Phi) is 4.34. The summed E-state index contributed by atoms with van der Waals surface area (Å²) in [6.07, 6.45) is 1.47. The Morgan fingerprint density at radius 1 is 1.35 bits per heavy atom. The first-order chi connectivity index (χ1) is 9.49. The largest absolute Gasteiger partial charge is 0.483 e. The van der Waals surface area contributed by atoms with Gasteiger partial charge in [-0.1, -0.05) is 6.07 Å². The quantitative estimate of drug-likeness (QED) is 0.913. The fraction of sp³-hybridized carbons (Fsp3) is 0.429. The van der Waals surface area contributed by atoms with Crippen molar-refractivity contribution in [2.75, 3.05) is 0 Å². The molecule has 0 aliphatic rings. The minimum atomic E-state index is -0.421. The van der Waals surface area contributed by atoms with Gasteiger partial charge in [-0.15, -0.1) is 0 Å². The van der Waals surface area contributed by atoms with E-state index in [1.54, 1.807) is 23.7 Å². The number of benzene rings is 1. The number of nitrogens with two attached hydrogens (primary N) is 1. The molecule has 2 rings (SSSR count). The fourth-order valence-electron chi connectivity index (χ4n) is 1.87. The minimum absolute atomic E-state index is 0.173. The molecule has 6 heteroatoms. The molecule has 0 saturated heterocycles. The summed E-state index contributed by atoms with van der Waals surface area (Å²) in [5, 5.41) is 4.10. The Morgan fingerprint density at radius 3 is 2.70 bits per heavy atom. The summed E-state index contributed by atoms with van der Waals surface area (Å²) in [7, 11) is 0. The van der Waals surface area contributed by atoms with Gasteiger partial charge in [0.1, 0.15) is 12.9 Å². The molecule has 2 N–H and O–H groups in total. The SMILES string of the molecule is CC(N)c1ccc(OCc2ncnn2C(C)C)c(F)c1. The smallest absolute Gasteiger partial charge is 0.165 e. The van der Waals surface area contributed by atoms with Crippen molar-refractivity contribution in [3.05, 3.63) is 41.7 Å². The molecule has 0 bridgehead atoms. The van der Waals surface area contributed by atoms with Gasteiger partial charge in [-0.05, 0) is 38.5 Å². The van der Waals surface area contributed by atoms with Crippen molar-refractivity contribution in [1.82, 2.24) is 14.8 Å². The molecule has 0 aliphatic heterocycles. The summed E-state index contributed by atoms with van der Waals surface area (Å²) < 4.78 is 21.1. The van der Waals surface area contributed by atoms with Crippen LogP contribution in [0.4, 0.5) is 4.39 Å². The summed E-state index contributed by atoms with van der Waals surface area (Å²) in [5.74, 6) is 0.429. The molecule has 0 amide bonds. The van der Waals surface area contributed by atoms with Crippen LogP contribution < -0.4 is 10.5 Å². The fourth-order valence-corrected chi connectivity index (χ4v) is 1.87. The zero-order chi connectivity index (χ0) is 14.7. The average molecular weight is 278 g/mol. The predicted octanol–water partition coefficient (Wildman–Crippen LogP) is 2.60. The highest BCUT2D eigenvalue weighted by molar-refractivity contribution is 5.30. The number of ether oxygens (including phenoxy) is 1. The summed E-state index contributed by atoms with van der Waals surface area (Å²) >= 11 is 0. The summed E-state index contributed by atoms with van der Waals surface area (Å²) in [4.78, 5) is 4.11. The molecule has 2 aromatic rings. The van der Waals surface area contributed by atoms with Gasteiger partial charge >= 0.3 is 0 Å².